The SMILES string of the molecule is Clc1ccc(-c2csc3ncnc(NCCc4c[nH]c5ccccc45)c23)cc1. The zero-order valence-corrected chi connectivity index (χ0v) is 16.5. The Balaban J connectivity index is 1.43. The number of hydrogen-bond donors (Lipinski definition) is 2. The van der Waals surface area contributed by atoms with Crippen molar-refractivity contribution in [2.75, 3.05) is 11.9 Å². The van der Waals surface area contributed by atoms with Crippen LogP contribution in [0.1, 0.15) is 5.56 Å². The van der Waals surface area contributed by atoms with Crippen molar-refractivity contribution in [2.24, 2.45) is 0 Å². The third-order valence-corrected chi connectivity index (χ3v) is 6.03. The lowest BCUT2D eigenvalue weighted by atomic mass is 10.1. The van der Waals surface area contributed by atoms with Crippen LogP contribution >= 0.6 is 22.9 Å². The number of benzene rings is 2. The van der Waals surface area contributed by atoms with Gasteiger partial charge in [0.15, 0.2) is 0 Å². The number of hydrogen-bond acceptors (Lipinski definition) is 4. The average molecular weight is 405 g/mol. The molecule has 0 bridgehead atoms. The van der Waals surface area contributed by atoms with Gasteiger partial charge in [-0.3, -0.25) is 0 Å². The van der Waals surface area contributed by atoms with Crippen LogP contribution in [0, 0.1) is 0 Å². The minimum Gasteiger partial charge on any atom is -0.369 e. The molecule has 0 fully saturated rings. The van der Waals surface area contributed by atoms with E-state index in [9.17, 15) is 0 Å². The van der Waals surface area contributed by atoms with Crippen molar-refractivity contribution in [3.8, 4) is 11.1 Å². The molecule has 28 heavy (non-hydrogen) atoms. The molecule has 2 N–H and O–H groups in total. The molecule has 0 spiro atoms. The van der Waals surface area contributed by atoms with Gasteiger partial charge in [0.2, 0.25) is 0 Å². The number of nitrogens with one attached hydrogen (secondary N) is 2. The van der Waals surface area contributed by atoms with E-state index in [-0.39, 0.29) is 0 Å². The maximum Gasteiger partial charge on any atom is 0.138 e. The maximum atomic E-state index is 6.04. The summed E-state index contributed by atoms with van der Waals surface area (Å²) in [6.45, 7) is 0.796. The second kappa shape index (κ2) is 7.26. The Labute approximate surface area is 171 Å². The van der Waals surface area contributed by atoms with Crippen LogP contribution in [0.25, 0.3) is 32.2 Å². The zero-order chi connectivity index (χ0) is 18.9. The number of aromatic amines is 1. The van der Waals surface area contributed by atoms with E-state index in [1.807, 2.05) is 30.3 Å². The molecule has 2 aromatic carbocycles. The van der Waals surface area contributed by atoms with Crippen molar-refractivity contribution in [1.29, 1.82) is 0 Å². The molecule has 5 aromatic rings. The van der Waals surface area contributed by atoms with Crippen LogP contribution in [0.4, 0.5) is 5.82 Å². The van der Waals surface area contributed by atoms with Gasteiger partial charge >= 0.3 is 0 Å². The first-order valence-electron chi connectivity index (χ1n) is 9.06. The fourth-order valence-corrected chi connectivity index (χ4v) is 4.55. The van der Waals surface area contributed by atoms with Gasteiger partial charge in [-0.1, -0.05) is 41.9 Å². The lowest BCUT2D eigenvalue weighted by molar-refractivity contribution is 1.01. The highest BCUT2D eigenvalue weighted by Crippen LogP contribution is 2.36. The van der Waals surface area contributed by atoms with E-state index in [0.717, 1.165) is 45.1 Å². The molecule has 3 heterocycles. The lowest BCUT2D eigenvalue weighted by Crippen LogP contribution is -2.06. The Morgan fingerprint density at radius 1 is 1.04 bits per heavy atom. The Hall–Kier alpha value is -2.89. The van der Waals surface area contributed by atoms with E-state index in [0.29, 0.717) is 0 Å². The summed E-state index contributed by atoms with van der Waals surface area (Å²) < 4.78 is 0. The first kappa shape index (κ1) is 17.2. The highest BCUT2D eigenvalue weighted by molar-refractivity contribution is 7.17. The molecule has 0 aliphatic heterocycles. The molecule has 0 atom stereocenters. The third-order valence-electron chi connectivity index (χ3n) is 4.89. The number of nitrogens with zero attached hydrogens (tertiary/aromatic N) is 2. The fourth-order valence-electron chi connectivity index (χ4n) is 3.51. The highest BCUT2D eigenvalue weighted by atomic mass is 35.5. The predicted molar refractivity (Wildman–Crippen MR) is 118 cm³/mol. The van der Waals surface area contributed by atoms with Gasteiger partial charge in [0.25, 0.3) is 0 Å². The largest absolute Gasteiger partial charge is 0.369 e. The summed E-state index contributed by atoms with van der Waals surface area (Å²) in [5, 5.41) is 8.72. The number of halogens is 1. The molecule has 3 aromatic heterocycles. The first-order valence-corrected chi connectivity index (χ1v) is 10.3. The van der Waals surface area contributed by atoms with Gasteiger partial charge in [0.1, 0.15) is 17.0 Å². The molecule has 0 unspecified atom stereocenters. The standard InChI is InChI=1S/C22H17ClN4S/c23-16-7-5-14(6-8-16)18-12-28-22-20(18)21(26-13-27-22)24-10-9-15-11-25-19-4-2-1-3-17(15)19/h1-8,11-13,25H,9-10H2,(H,24,26,27). The van der Waals surface area contributed by atoms with Gasteiger partial charge in [-0.2, -0.15) is 0 Å². The molecule has 0 saturated carbocycles. The van der Waals surface area contributed by atoms with Gasteiger partial charge in [-0.25, -0.2) is 9.97 Å². The molecule has 4 nitrogen and oxygen atoms in total. The second-order valence-electron chi connectivity index (χ2n) is 6.59. The summed E-state index contributed by atoms with van der Waals surface area (Å²) in [6.07, 6.45) is 4.63. The molecular formula is C22H17ClN4S. The van der Waals surface area contributed by atoms with E-state index in [2.05, 4.69) is 50.0 Å². The number of anilines is 1. The second-order valence-corrected chi connectivity index (χ2v) is 7.89. The summed E-state index contributed by atoms with van der Waals surface area (Å²) in [6, 6.07) is 16.3. The third kappa shape index (κ3) is 3.13. The molecule has 138 valence electrons. The van der Waals surface area contributed by atoms with E-state index >= 15 is 0 Å². The first-order chi connectivity index (χ1) is 13.8. The molecule has 0 radical (unpaired) electrons. The lowest BCUT2D eigenvalue weighted by Gasteiger charge is -2.08. The number of aromatic nitrogens is 3. The number of thiophene rings is 1. The number of H-pyrrole nitrogens is 1. The molecule has 6 heteroatoms. The van der Waals surface area contributed by atoms with Gasteiger partial charge in [0, 0.05) is 39.6 Å². The molecule has 0 saturated heterocycles. The summed E-state index contributed by atoms with van der Waals surface area (Å²) in [7, 11) is 0. The van der Waals surface area contributed by atoms with Crippen molar-refractivity contribution in [3.05, 3.63) is 77.0 Å². The van der Waals surface area contributed by atoms with E-state index in [1.54, 1.807) is 17.7 Å². The van der Waals surface area contributed by atoms with Crippen LogP contribution in [0.3, 0.4) is 0 Å². The zero-order valence-electron chi connectivity index (χ0n) is 14.9. The van der Waals surface area contributed by atoms with Crippen LogP contribution < -0.4 is 5.32 Å². The quantitative estimate of drug-likeness (QED) is 0.369. The van der Waals surface area contributed by atoms with Gasteiger partial charge < -0.3 is 10.3 Å². The van der Waals surface area contributed by atoms with Crippen LogP contribution in [-0.2, 0) is 6.42 Å². The van der Waals surface area contributed by atoms with E-state index in [4.69, 9.17) is 11.6 Å². The summed E-state index contributed by atoms with van der Waals surface area (Å²) in [4.78, 5) is 13.3. The Kier molecular flexibility index (Phi) is 4.47. The molecule has 0 aliphatic carbocycles. The molecule has 0 amide bonds. The summed E-state index contributed by atoms with van der Waals surface area (Å²) in [5.41, 5.74) is 4.72. The van der Waals surface area contributed by atoms with E-state index in [1.165, 1.54) is 16.5 Å². The molecule has 0 aliphatic rings. The van der Waals surface area contributed by atoms with Crippen LogP contribution in [0.15, 0.2) is 66.4 Å². The van der Waals surface area contributed by atoms with Crippen molar-refractivity contribution in [3.63, 3.8) is 0 Å². The number of para-hydroxylation sites is 1. The normalized spacial score (nSPS) is 11.3. The van der Waals surface area contributed by atoms with Crippen molar-refractivity contribution < 1.29 is 0 Å². The summed E-state index contributed by atoms with van der Waals surface area (Å²) in [5.74, 6) is 0.871. The minimum atomic E-state index is 0.733. The van der Waals surface area contributed by atoms with Crippen LogP contribution in [0.5, 0.6) is 0 Å². The monoisotopic (exact) mass is 404 g/mol. The Bertz CT molecular complexity index is 1260. The molecule has 5 rings (SSSR count). The highest BCUT2D eigenvalue weighted by Gasteiger charge is 2.13. The van der Waals surface area contributed by atoms with Gasteiger partial charge in [-0.15, -0.1) is 11.3 Å². The van der Waals surface area contributed by atoms with Crippen molar-refractivity contribution in [1.82, 2.24) is 15.0 Å². The van der Waals surface area contributed by atoms with Crippen LogP contribution in [-0.4, -0.2) is 21.5 Å². The Morgan fingerprint density at radius 2 is 1.89 bits per heavy atom. The van der Waals surface area contributed by atoms with Crippen molar-refractivity contribution >= 4 is 49.9 Å². The van der Waals surface area contributed by atoms with Crippen LogP contribution in [0.2, 0.25) is 5.02 Å². The topological polar surface area (TPSA) is 53.6 Å². The summed E-state index contributed by atoms with van der Waals surface area (Å²) >= 11 is 7.68. The fraction of sp³-hybridized carbons (Fsp3) is 0.0909. The maximum absolute atomic E-state index is 6.04. The predicted octanol–water partition coefficient (Wildman–Crippen LogP) is 6.15. The minimum absolute atomic E-state index is 0.733. The Morgan fingerprint density at radius 3 is 2.79 bits per heavy atom. The average Bonchev–Trinajstić information content (AvgIpc) is 3.34. The number of fused-ring (bicyclic) bond motifs is 2. The smallest absolute Gasteiger partial charge is 0.138 e. The van der Waals surface area contributed by atoms with E-state index < -0.39 is 0 Å². The van der Waals surface area contributed by atoms with Gasteiger partial charge in [-0.05, 0) is 35.7 Å². The van der Waals surface area contributed by atoms with Crippen molar-refractivity contribution in [2.45, 2.75) is 6.42 Å². The number of rotatable bonds is 5. The molecular weight excluding hydrogens is 388 g/mol. The van der Waals surface area contributed by atoms with Gasteiger partial charge in [0.05, 0.1) is 5.39 Å².